The van der Waals surface area contributed by atoms with Crippen molar-refractivity contribution in [3.8, 4) is 0 Å². The van der Waals surface area contributed by atoms with Gasteiger partial charge in [0.25, 0.3) is 0 Å². The number of ether oxygens (including phenoxy) is 2. The molecular formula is C25H30O5. The van der Waals surface area contributed by atoms with Crippen LogP contribution in [0.4, 0.5) is 0 Å². The molecule has 2 aromatic rings. The zero-order valence-corrected chi connectivity index (χ0v) is 17.9. The van der Waals surface area contributed by atoms with Crippen molar-refractivity contribution in [3.05, 3.63) is 71.8 Å². The van der Waals surface area contributed by atoms with Crippen LogP contribution in [0, 0.1) is 5.92 Å². The van der Waals surface area contributed by atoms with Gasteiger partial charge in [-0.15, -0.1) is 0 Å². The molecule has 0 aromatic heterocycles. The van der Waals surface area contributed by atoms with Crippen LogP contribution in [0.2, 0.25) is 0 Å². The first-order chi connectivity index (χ1) is 14.2. The highest BCUT2D eigenvalue weighted by atomic mass is 16.6. The lowest BCUT2D eigenvalue weighted by molar-refractivity contribution is -0.183. The summed E-state index contributed by atoms with van der Waals surface area (Å²) in [6.07, 6.45) is -0.690. The Morgan fingerprint density at radius 3 is 1.87 bits per heavy atom. The Hall–Kier alpha value is -2.66. The number of esters is 2. The van der Waals surface area contributed by atoms with Crippen LogP contribution in [-0.4, -0.2) is 34.9 Å². The number of hydrogen-bond donors (Lipinski definition) is 1. The molecule has 0 amide bonds. The molecule has 5 heteroatoms. The molecule has 0 heterocycles. The van der Waals surface area contributed by atoms with E-state index in [1.807, 2.05) is 60.7 Å². The van der Waals surface area contributed by atoms with Gasteiger partial charge in [0.05, 0.1) is 12.2 Å². The van der Waals surface area contributed by atoms with E-state index in [0.29, 0.717) is 0 Å². The van der Waals surface area contributed by atoms with Gasteiger partial charge in [0, 0.05) is 5.92 Å². The van der Waals surface area contributed by atoms with Crippen LogP contribution in [0.5, 0.6) is 0 Å². The van der Waals surface area contributed by atoms with E-state index in [-0.39, 0.29) is 18.4 Å². The van der Waals surface area contributed by atoms with Gasteiger partial charge in [0.1, 0.15) is 5.92 Å². The minimum absolute atomic E-state index is 0.0833. The summed E-state index contributed by atoms with van der Waals surface area (Å²) in [4.78, 5) is 26.3. The van der Waals surface area contributed by atoms with Crippen LogP contribution < -0.4 is 0 Å². The number of carbonyl (C=O) groups is 2. The van der Waals surface area contributed by atoms with Crippen molar-refractivity contribution in [2.24, 2.45) is 5.92 Å². The van der Waals surface area contributed by atoms with Crippen LogP contribution >= 0.6 is 0 Å². The maximum absolute atomic E-state index is 13.2. The van der Waals surface area contributed by atoms with Gasteiger partial charge in [-0.3, -0.25) is 4.79 Å². The molecule has 30 heavy (non-hydrogen) atoms. The maximum Gasteiger partial charge on any atom is 0.339 e. The van der Waals surface area contributed by atoms with Crippen molar-refractivity contribution in [2.45, 2.75) is 63.8 Å². The highest BCUT2D eigenvalue weighted by Gasteiger charge is 2.62. The summed E-state index contributed by atoms with van der Waals surface area (Å²) >= 11 is 0. The predicted molar refractivity (Wildman–Crippen MR) is 114 cm³/mol. The molecule has 160 valence electrons. The van der Waals surface area contributed by atoms with Crippen molar-refractivity contribution in [1.29, 1.82) is 0 Å². The molecule has 0 radical (unpaired) electrons. The first-order valence-corrected chi connectivity index (χ1v) is 10.5. The Bertz CT molecular complexity index is 862. The number of hydrogen-bond acceptors (Lipinski definition) is 5. The van der Waals surface area contributed by atoms with Gasteiger partial charge in [0.15, 0.2) is 5.60 Å². The van der Waals surface area contributed by atoms with Crippen molar-refractivity contribution >= 4 is 11.9 Å². The number of carbonyl (C=O) groups excluding carboxylic acids is 2. The molecule has 1 N–H and O–H groups in total. The van der Waals surface area contributed by atoms with Crippen LogP contribution in [0.1, 0.15) is 57.1 Å². The molecule has 5 nitrogen and oxygen atoms in total. The molecule has 0 aliphatic heterocycles. The second kappa shape index (κ2) is 9.00. The van der Waals surface area contributed by atoms with Gasteiger partial charge in [-0.2, -0.15) is 0 Å². The third-order valence-corrected chi connectivity index (χ3v) is 5.55. The summed E-state index contributed by atoms with van der Waals surface area (Å²) < 4.78 is 10.9. The lowest BCUT2D eigenvalue weighted by Gasteiger charge is -2.30. The molecule has 2 aromatic carbocycles. The number of benzene rings is 2. The van der Waals surface area contributed by atoms with Crippen LogP contribution in [0.25, 0.3) is 0 Å². The average molecular weight is 411 g/mol. The number of aliphatic hydroxyl groups is 1. The minimum atomic E-state index is -1.97. The van der Waals surface area contributed by atoms with E-state index in [0.717, 1.165) is 11.1 Å². The highest BCUT2D eigenvalue weighted by Crippen LogP contribution is 2.55. The Labute approximate surface area is 178 Å². The zero-order valence-electron chi connectivity index (χ0n) is 17.9. The van der Waals surface area contributed by atoms with Gasteiger partial charge in [-0.25, -0.2) is 4.79 Å². The summed E-state index contributed by atoms with van der Waals surface area (Å²) in [5.41, 5.74) is -0.135. The van der Waals surface area contributed by atoms with Gasteiger partial charge in [-0.05, 0) is 51.2 Å². The lowest BCUT2D eigenvalue weighted by Crippen LogP contribution is -2.49. The summed E-state index contributed by atoms with van der Waals surface area (Å²) in [5.74, 6) is -3.10. The van der Waals surface area contributed by atoms with Crippen molar-refractivity contribution in [2.75, 3.05) is 0 Å². The SMILES string of the molecule is CC(C)OC(=O)[C@H]1[C@H](c2ccccc2)[C@H](c2ccccc2)C[C@]1(O)C(=O)OC(C)C. The highest BCUT2D eigenvalue weighted by molar-refractivity contribution is 5.90. The fourth-order valence-corrected chi connectivity index (χ4v) is 4.42. The Morgan fingerprint density at radius 2 is 1.37 bits per heavy atom. The van der Waals surface area contributed by atoms with Crippen molar-refractivity contribution in [1.82, 2.24) is 0 Å². The van der Waals surface area contributed by atoms with Crippen LogP contribution in [0.15, 0.2) is 60.7 Å². The van der Waals surface area contributed by atoms with Crippen LogP contribution in [-0.2, 0) is 19.1 Å². The van der Waals surface area contributed by atoms with Gasteiger partial charge in [0.2, 0.25) is 0 Å². The second-order valence-electron chi connectivity index (χ2n) is 8.50. The molecule has 0 saturated heterocycles. The summed E-state index contributed by atoms with van der Waals surface area (Å²) in [6, 6.07) is 19.2. The fourth-order valence-electron chi connectivity index (χ4n) is 4.42. The molecule has 1 aliphatic carbocycles. The molecule has 0 unspecified atom stereocenters. The third kappa shape index (κ3) is 4.41. The van der Waals surface area contributed by atoms with Crippen molar-refractivity contribution in [3.63, 3.8) is 0 Å². The quantitative estimate of drug-likeness (QED) is 0.723. The normalized spacial score (nSPS) is 26.0. The van der Waals surface area contributed by atoms with Gasteiger partial charge in [-0.1, -0.05) is 60.7 Å². The van der Waals surface area contributed by atoms with E-state index >= 15 is 0 Å². The van der Waals surface area contributed by atoms with E-state index in [1.165, 1.54) is 0 Å². The van der Waals surface area contributed by atoms with E-state index in [1.54, 1.807) is 27.7 Å². The van der Waals surface area contributed by atoms with Gasteiger partial charge >= 0.3 is 11.9 Å². The minimum Gasteiger partial charge on any atom is -0.463 e. The first kappa shape index (κ1) is 22.0. The maximum atomic E-state index is 13.2. The summed E-state index contributed by atoms with van der Waals surface area (Å²) in [5, 5.41) is 11.6. The molecule has 1 saturated carbocycles. The molecular weight excluding hydrogens is 380 g/mol. The van der Waals surface area contributed by atoms with Gasteiger partial charge < -0.3 is 14.6 Å². The lowest BCUT2D eigenvalue weighted by atomic mass is 9.78. The Morgan fingerprint density at radius 1 is 0.867 bits per heavy atom. The zero-order chi connectivity index (χ0) is 21.9. The fraction of sp³-hybridized carbons (Fsp3) is 0.440. The van der Waals surface area contributed by atoms with E-state index < -0.39 is 35.5 Å². The largest absolute Gasteiger partial charge is 0.463 e. The molecule has 3 rings (SSSR count). The molecule has 1 fully saturated rings. The van der Waals surface area contributed by atoms with E-state index in [9.17, 15) is 14.7 Å². The van der Waals surface area contributed by atoms with E-state index in [4.69, 9.17) is 9.47 Å². The average Bonchev–Trinajstić information content (AvgIpc) is 3.03. The summed E-state index contributed by atoms with van der Waals surface area (Å²) in [7, 11) is 0. The first-order valence-electron chi connectivity index (χ1n) is 10.5. The van der Waals surface area contributed by atoms with Crippen molar-refractivity contribution < 1.29 is 24.2 Å². The topological polar surface area (TPSA) is 72.8 Å². The summed E-state index contributed by atoms with van der Waals surface area (Å²) in [6.45, 7) is 6.96. The third-order valence-electron chi connectivity index (χ3n) is 5.55. The Kier molecular flexibility index (Phi) is 6.61. The Balaban J connectivity index is 2.15. The van der Waals surface area contributed by atoms with Crippen LogP contribution in [0.3, 0.4) is 0 Å². The number of rotatable bonds is 6. The van der Waals surface area contributed by atoms with E-state index in [2.05, 4.69) is 0 Å². The second-order valence-corrected chi connectivity index (χ2v) is 8.50. The predicted octanol–water partition coefficient (Wildman–Crippen LogP) is 4.21. The molecule has 4 atom stereocenters. The molecule has 0 bridgehead atoms. The standard InChI is InChI=1S/C25H30O5/c1-16(2)29-23(26)22-21(19-13-9-6-10-14-19)20(18-11-7-5-8-12-18)15-25(22,28)24(27)30-17(3)4/h5-14,16-17,20-22,28H,15H2,1-4H3/t20-,21+,22+,25+/m0/s1. The molecule has 1 aliphatic rings. The smallest absolute Gasteiger partial charge is 0.339 e. The molecule has 0 spiro atoms. The monoisotopic (exact) mass is 410 g/mol.